The van der Waals surface area contributed by atoms with E-state index in [1.807, 2.05) is 6.92 Å². The van der Waals surface area contributed by atoms with Crippen LogP contribution in [0.25, 0.3) is 0 Å². The van der Waals surface area contributed by atoms with Crippen LogP contribution in [0.4, 0.5) is 0 Å². The summed E-state index contributed by atoms with van der Waals surface area (Å²) in [5, 5.41) is 0.491. The Balaban J connectivity index is 2.79. The topological polar surface area (TPSA) is 52.6 Å². The van der Waals surface area contributed by atoms with Crippen molar-refractivity contribution in [2.75, 3.05) is 26.1 Å². The fourth-order valence-corrected chi connectivity index (χ4v) is 2.91. The van der Waals surface area contributed by atoms with Crippen molar-refractivity contribution in [3.8, 4) is 5.75 Å². The van der Waals surface area contributed by atoms with Gasteiger partial charge in [0.1, 0.15) is 5.75 Å². The third-order valence-electron chi connectivity index (χ3n) is 2.36. The average Bonchev–Trinajstić information content (AvgIpc) is 2.29. The maximum Gasteiger partial charge on any atom is 0.156 e. The predicted molar refractivity (Wildman–Crippen MR) is 72.0 cm³/mol. The normalized spacial score (nSPS) is 11.5. The lowest BCUT2D eigenvalue weighted by Gasteiger charge is -2.09. The van der Waals surface area contributed by atoms with Crippen LogP contribution in [-0.4, -0.2) is 34.5 Å². The summed E-state index contributed by atoms with van der Waals surface area (Å²) in [5.74, 6) is 0.430. The Bertz CT molecular complexity index is 485. The van der Waals surface area contributed by atoms with Crippen molar-refractivity contribution in [2.24, 2.45) is 0 Å². The highest BCUT2D eigenvalue weighted by Crippen LogP contribution is 2.24. The molecule has 0 saturated carbocycles. The Morgan fingerprint density at radius 1 is 1.33 bits per heavy atom. The van der Waals surface area contributed by atoms with E-state index in [1.54, 1.807) is 18.2 Å². The van der Waals surface area contributed by atoms with E-state index >= 15 is 0 Å². The molecule has 0 aliphatic heterocycles. The monoisotopic (exact) mass is 292 g/mol. The number of hydrogen-bond donors (Lipinski definition) is 0. The Labute approximate surface area is 113 Å². The van der Waals surface area contributed by atoms with Gasteiger partial charge in [0.15, 0.2) is 9.84 Å². The van der Waals surface area contributed by atoms with Gasteiger partial charge in [0.25, 0.3) is 0 Å². The SMILES string of the molecule is CCOCCS(=O)(=O)Cc1cc(Cl)ccc1OC. The molecule has 0 atom stereocenters. The molecule has 6 heteroatoms. The molecule has 0 amide bonds. The lowest BCUT2D eigenvalue weighted by atomic mass is 10.2. The molecule has 1 rings (SSSR count). The van der Waals surface area contributed by atoms with E-state index in [0.29, 0.717) is 22.9 Å². The summed E-state index contributed by atoms with van der Waals surface area (Å²) >= 11 is 5.85. The first-order valence-electron chi connectivity index (χ1n) is 5.59. The molecule has 0 bridgehead atoms. The van der Waals surface area contributed by atoms with Crippen LogP contribution in [-0.2, 0) is 20.3 Å². The molecule has 102 valence electrons. The van der Waals surface area contributed by atoms with Crippen molar-refractivity contribution in [1.82, 2.24) is 0 Å². The number of halogens is 1. The summed E-state index contributed by atoms with van der Waals surface area (Å²) in [6.07, 6.45) is 0. The molecule has 0 N–H and O–H groups in total. The smallest absolute Gasteiger partial charge is 0.156 e. The zero-order chi connectivity index (χ0) is 13.6. The summed E-state index contributed by atoms with van der Waals surface area (Å²) in [5.41, 5.74) is 0.571. The first-order chi connectivity index (χ1) is 8.48. The van der Waals surface area contributed by atoms with E-state index in [1.165, 1.54) is 7.11 Å². The number of hydrogen-bond acceptors (Lipinski definition) is 4. The highest BCUT2D eigenvalue weighted by Gasteiger charge is 2.15. The summed E-state index contributed by atoms with van der Waals surface area (Å²) in [7, 11) is -1.72. The molecule has 0 spiro atoms. The molecular formula is C12H17ClO4S. The van der Waals surface area contributed by atoms with Gasteiger partial charge in [0.05, 0.1) is 25.2 Å². The molecule has 0 aliphatic carbocycles. The van der Waals surface area contributed by atoms with Crippen molar-refractivity contribution < 1.29 is 17.9 Å². The Morgan fingerprint density at radius 2 is 2.06 bits per heavy atom. The number of rotatable bonds is 7. The van der Waals surface area contributed by atoms with Gasteiger partial charge in [-0.25, -0.2) is 8.42 Å². The van der Waals surface area contributed by atoms with Crippen LogP contribution in [0.1, 0.15) is 12.5 Å². The number of sulfone groups is 1. The lowest BCUT2D eigenvalue weighted by Crippen LogP contribution is -2.14. The Hall–Kier alpha value is -0.780. The molecule has 0 heterocycles. The second-order valence-electron chi connectivity index (χ2n) is 3.75. The van der Waals surface area contributed by atoms with Crippen molar-refractivity contribution >= 4 is 21.4 Å². The van der Waals surface area contributed by atoms with E-state index in [9.17, 15) is 8.42 Å². The van der Waals surface area contributed by atoms with Gasteiger partial charge in [-0.2, -0.15) is 0 Å². The molecule has 4 nitrogen and oxygen atoms in total. The van der Waals surface area contributed by atoms with Crippen LogP contribution in [0.15, 0.2) is 18.2 Å². The highest BCUT2D eigenvalue weighted by molar-refractivity contribution is 7.90. The van der Waals surface area contributed by atoms with Crippen molar-refractivity contribution in [3.63, 3.8) is 0 Å². The van der Waals surface area contributed by atoms with E-state index in [-0.39, 0.29) is 18.1 Å². The van der Waals surface area contributed by atoms with Crippen molar-refractivity contribution in [3.05, 3.63) is 28.8 Å². The first-order valence-corrected chi connectivity index (χ1v) is 7.79. The van der Waals surface area contributed by atoms with Gasteiger partial charge in [-0.3, -0.25) is 0 Å². The predicted octanol–water partition coefficient (Wildman–Crippen LogP) is 2.30. The second-order valence-corrected chi connectivity index (χ2v) is 6.37. The van der Waals surface area contributed by atoms with Crippen LogP contribution >= 0.6 is 11.6 Å². The minimum atomic E-state index is -3.22. The first kappa shape index (κ1) is 15.3. The fourth-order valence-electron chi connectivity index (χ4n) is 1.50. The van der Waals surface area contributed by atoms with Gasteiger partial charge >= 0.3 is 0 Å². The molecule has 0 aliphatic rings. The summed E-state index contributed by atoms with van der Waals surface area (Å²) < 4.78 is 33.9. The maximum absolute atomic E-state index is 11.9. The molecule has 0 unspecified atom stereocenters. The van der Waals surface area contributed by atoms with Crippen LogP contribution in [0.5, 0.6) is 5.75 Å². The molecule has 0 saturated heterocycles. The van der Waals surface area contributed by atoms with E-state index < -0.39 is 9.84 Å². The van der Waals surface area contributed by atoms with E-state index in [0.717, 1.165) is 0 Å². The van der Waals surface area contributed by atoms with Crippen LogP contribution in [0.3, 0.4) is 0 Å². The number of ether oxygens (including phenoxy) is 2. The largest absolute Gasteiger partial charge is 0.496 e. The second kappa shape index (κ2) is 6.97. The highest BCUT2D eigenvalue weighted by atomic mass is 35.5. The van der Waals surface area contributed by atoms with E-state index in [4.69, 9.17) is 21.1 Å². The van der Waals surface area contributed by atoms with Gasteiger partial charge in [-0.1, -0.05) is 11.6 Å². The fraction of sp³-hybridized carbons (Fsp3) is 0.500. The van der Waals surface area contributed by atoms with Crippen molar-refractivity contribution in [2.45, 2.75) is 12.7 Å². The minimum Gasteiger partial charge on any atom is -0.496 e. The summed E-state index contributed by atoms with van der Waals surface area (Å²) in [6, 6.07) is 4.94. The Kier molecular flexibility index (Phi) is 5.91. The molecule has 0 fully saturated rings. The maximum atomic E-state index is 11.9. The summed E-state index contributed by atoms with van der Waals surface area (Å²) in [4.78, 5) is 0. The minimum absolute atomic E-state index is 0.00346. The molecule has 1 aromatic carbocycles. The standard InChI is InChI=1S/C12H17ClO4S/c1-3-17-6-7-18(14,15)9-10-8-11(13)4-5-12(10)16-2/h4-5,8H,3,6-7,9H2,1-2H3. The number of methoxy groups -OCH3 is 1. The molecule has 18 heavy (non-hydrogen) atoms. The van der Waals surface area contributed by atoms with Gasteiger partial charge in [0.2, 0.25) is 0 Å². The average molecular weight is 293 g/mol. The van der Waals surface area contributed by atoms with E-state index in [2.05, 4.69) is 0 Å². The van der Waals surface area contributed by atoms with Gasteiger partial charge < -0.3 is 9.47 Å². The van der Waals surface area contributed by atoms with Crippen LogP contribution in [0, 0.1) is 0 Å². The van der Waals surface area contributed by atoms with Gasteiger partial charge in [0, 0.05) is 17.2 Å². The number of benzene rings is 1. The van der Waals surface area contributed by atoms with Crippen LogP contribution in [0.2, 0.25) is 5.02 Å². The van der Waals surface area contributed by atoms with Gasteiger partial charge in [-0.15, -0.1) is 0 Å². The van der Waals surface area contributed by atoms with Crippen LogP contribution < -0.4 is 4.74 Å². The molecule has 0 aromatic heterocycles. The third-order valence-corrected chi connectivity index (χ3v) is 4.14. The Morgan fingerprint density at radius 3 is 2.67 bits per heavy atom. The molecular weight excluding hydrogens is 276 g/mol. The quantitative estimate of drug-likeness (QED) is 0.724. The molecule has 0 radical (unpaired) electrons. The third kappa shape index (κ3) is 4.84. The van der Waals surface area contributed by atoms with Gasteiger partial charge in [-0.05, 0) is 25.1 Å². The van der Waals surface area contributed by atoms with Crippen molar-refractivity contribution in [1.29, 1.82) is 0 Å². The zero-order valence-corrected chi connectivity index (χ0v) is 12.1. The molecule has 1 aromatic rings. The zero-order valence-electron chi connectivity index (χ0n) is 10.5. The summed E-state index contributed by atoms with van der Waals surface area (Å²) in [6.45, 7) is 2.55. The lowest BCUT2D eigenvalue weighted by molar-refractivity contribution is 0.163.